The largest absolute Gasteiger partial charge is 0.450 e. The first-order valence-corrected chi connectivity index (χ1v) is 25.2. The van der Waals surface area contributed by atoms with E-state index in [1.807, 2.05) is 188 Å². The Kier molecular flexibility index (Phi) is 19.7. The zero-order chi connectivity index (χ0) is 50.6. The molecule has 2 aliphatic heterocycles. The van der Waals surface area contributed by atoms with Gasteiger partial charge in [-0.05, 0) is 45.5 Å². The third kappa shape index (κ3) is 14.9. The lowest BCUT2D eigenvalue weighted by Gasteiger charge is -2.47. The van der Waals surface area contributed by atoms with E-state index in [4.69, 9.17) is 52.1 Å². The molecule has 0 spiro atoms. The predicted octanol–water partition coefficient (Wildman–Crippen LogP) is 10.5. The minimum Gasteiger partial charge on any atom is -0.450 e. The summed E-state index contributed by atoms with van der Waals surface area (Å²) in [5, 5.41) is 0. The first-order valence-electron chi connectivity index (χ1n) is 25.2. The van der Waals surface area contributed by atoms with Crippen molar-refractivity contribution in [1.29, 1.82) is 0 Å². The summed E-state index contributed by atoms with van der Waals surface area (Å²) in [4.78, 5) is 14.3. The molecular weight excluding hydrogens is 937 g/mol. The van der Waals surface area contributed by atoms with E-state index in [0.717, 1.165) is 33.4 Å². The molecule has 7 aromatic rings. The highest BCUT2D eigenvalue weighted by atomic mass is 16.8. The molecule has 0 bridgehead atoms. The Morgan fingerprint density at radius 3 is 1.08 bits per heavy atom. The molecule has 1 unspecified atom stereocenters. The van der Waals surface area contributed by atoms with Gasteiger partial charge in [-0.3, -0.25) is 0 Å². The van der Waals surface area contributed by atoms with E-state index in [1.165, 1.54) is 0 Å². The maximum Gasteiger partial charge on any atom is 0.338 e. The molecule has 2 aliphatic rings. The zero-order valence-corrected chi connectivity index (χ0v) is 41.5. The topological polar surface area (TPSA) is 119 Å². The van der Waals surface area contributed by atoms with Crippen LogP contribution in [0.2, 0.25) is 0 Å². The van der Waals surface area contributed by atoms with Crippen LogP contribution in [-0.2, 0) is 91.7 Å². The average Bonchev–Trinajstić information content (AvgIpc) is 3.46. The molecule has 384 valence electrons. The van der Waals surface area contributed by atoms with Crippen molar-refractivity contribution in [2.45, 2.75) is 101 Å². The molecule has 0 N–H and O–H groups in total. The number of carbonyl (C=O) groups is 1. The first kappa shape index (κ1) is 52.5. The van der Waals surface area contributed by atoms with Crippen LogP contribution in [0.25, 0.3) is 0 Å². The van der Waals surface area contributed by atoms with Crippen LogP contribution in [0, 0.1) is 0 Å². The molecule has 7 aromatic carbocycles. The number of rotatable bonds is 25. The lowest BCUT2D eigenvalue weighted by atomic mass is 9.96. The molecule has 10 atom stereocenters. The van der Waals surface area contributed by atoms with Gasteiger partial charge in [0.25, 0.3) is 0 Å². The van der Waals surface area contributed by atoms with Crippen molar-refractivity contribution in [3.8, 4) is 0 Å². The second kappa shape index (κ2) is 27.8. The minimum absolute atomic E-state index is 0.0864. The van der Waals surface area contributed by atoms with E-state index in [1.54, 1.807) is 31.4 Å². The Hall–Kier alpha value is -6.39. The van der Waals surface area contributed by atoms with E-state index >= 15 is 0 Å². The summed E-state index contributed by atoms with van der Waals surface area (Å²) in [5.41, 5.74) is 6.07. The van der Waals surface area contributed by atoms with Gasteiger partial charge >= 0.3 is 5.97 Å². The highest BCUT2D eigenvalue weighted by molar-refractivity contribution is 5.89. The quantitative estimate of drug-likeness (QED) is 0.0507. The van der Waals surface area contributed by atoms with Crippen LogP contribution in [0.5, 0.6) is 0 Å². The lowest BCUT2D eigenvalue weighted by Crippen LogP contribution is -2.64. The van der Waals surface area contributed by atoms with Gasteiger partial charge in [0.1, 0.15) is 42.7 Å². The van der Waals surface area contributed by atoms with Gasteiger partial charge in [0.15, 0.2) is 18.7 Å². The minimum atomic E-state index is -1.24. The Balaban J connectivity index is 1.06. The summed E-state index contributed by atoms with van der Waals surface area (Å²) in [6.45, 7) is 1.41. The second-order valence-electron chi connectivity index (χ2n) is 18.2. The molecule has 0 saturated carbocycles. The van der Waals surface area contributed by atoms with Crippen LogP contribution >= 0.6 is 0 Å². The van der Waals surface area contributed by atoms with Crippen LogP contribution in [0.4, 0.5) is 0 Å². The summed E-state index contributed by atoms with van der Waals surface area (Å²) >= 11 is 0. The highest BCUT2D eigenvalue weighted by Crippen LogP contribution is 2.35. The fraction of sp³-hybridized carbons (Fsp3) is 0.306. The molecule has 74 heavy (non-hydrogen) atoms. The highest BCUT2D eigenvalue weighted by Gasteiger charge is 2.53. The second-order valence-corrected chi connectivity index (χ2v) is 18.2. The molecule has 9 rings (SSSR count). The van der Waals surface area contributed by atoms with E-state index in [2.05, 4.69) is 0 Å². The number of hydrogen-bond donors (Lipinski definition) is 0. The van der Waals surface area contributed by atoms with Crippen LogP contribution < -0.4 is 0 Å². The van der Waals surface area contributed by atoms with Gasteiger partial charge in [0, 0.05) is 7.11 Å². The van der Waals surface area contributed by atoms with Crippen molar-refractivity contribution < 1.29 is 56.9 Å². The summed E-state index contributed by atoms with van der Waals surface area (Å²) in [6.07, 6.45) is -8.93. The third-order valence-electron chi connectivity index (χ3n) is 12.9. The number of benzene rings is 7. The molecule has 12 nitrogen and oxygen atoms in total. The van der Waals surface area contributed by atoms with E-state index in [-0.39, 0.29) is 46.2 Å². The molecular formula is C62H64O12. The van der Waals surface area contributed by atoms with Crippen molar-refractivity contribution >= 4 is 5.97 Å². The van der Waals surface area contributed by atoms with Crippen molar-refractivity contribution in [3.63, 3.8) is 0 Å². The number of ether oxygens (including phenoxy) is 11. The van der Waals surface area contributed by atoms with E-state index < -0.39 is 67.4 Å². The van der Waals surface area contributed by atoms with Gasteiger partial charge < -0.3 is 52.1 Å². The van der Waals surface area contributed by atoms with E-state index in [0.29, 0.717) is 12.2 Å². The van der Waals surface area contributed by atoms with Gasteiger partial charge in [-0.2, -0.15) is 0 Å². The average molecular weight is 1000 g/mol. The van der Waals surface area contributed by atoms with E-state index in [9.17, 15) is 4.79 Å². The molecule has 12 heteroatoms. The van der Waals surface area contributed by atoms with Crippen LogP contribution in [0.3, 0.4) is 0 Å². The lowest BCUT2D eigenvalue weighted by molar-refractivity contribution is -0.346. The van der Waals surface area contributed by atoms with Crippen molar-refractivity contribution in [2.75, 3.05) is 20.3 Å². The van der Waals surface area contributed by atoms with Gasteiger partial charge in [-0.15, -0.1) is 0 Å². The summed E-state index contributed by atoms with van der Waals surface area (Å²) in [6, 6.07) is 68.2. The van der Waals surface area contributed by atoms with Crippen molar-refractivity contribution in [1.82, 2.24) is 0 Å². The Bertz CT molecular complexity index is 2650. The number of hydrogen-bond acceptors (Lipinski definition) is 12. The number of methoxy groups -OCH3 is 1. The fourth-order valence-corrected chi connectivity index (χ4v) is 9.09. The molecule has 2 heterocycles. The molecule has 0 amide bonds. The first-order chi connectivity index (χ1) is 36.6. The zero-order valence-electron chi connectivity index (χ0n) is 41.5. The van der Waals surface area contributed by atoms with Gasteiger partial charge in [0.05, 0.1) is 58.4 Å². The smallest absolute Gasteiger partial charge is 0.338 e. The van der Waals surface area contributed by atoms with Crippen molar-refractivity contribution in [2.24, 2.45) is 0 Å². The summed E-state index contributed by atoms with van der Waals surface area (Å²) < 4.78 is 74.1. The maximum atomic E-state index is 14.3. The Labute approximate surface area is 433 Å². The number of carbonyl (C=O) groups excluding carboxylic acids is 1. The van der Waals surface area contributed by atoms with Gasteiger partial charge in [0.2, 0.25) is 0 Å². The molecule has 2 saturated heterocycles. The van der Waals surface area contributed by atoms with Crippen LogP contribution in [0.1, 0.15) is 43.7 Å². The van der Waals surface area contributed by atoms with Crippen LogP contribution in [0.15, 0.2) is 212 Å². The third-order valence-corrected chi connectivity index (χ3v) is 12.9. The Morgan fingerprint density at radius 1 is 0.351 bits per heavy atom. The summed E-state index contributed by atoms with van der Waals surface area (Å²) in [7, 11) is 1.58. The van der Waals surface area contributed by atoms with Gasteiger partial charge in [-0.1, -0.05) is 200 Å². The molecule has 0 aliphatic carbocycles. The fourth-order valence-electron chi connectivity index (χ4n) is 9.09. The number of esters is 1. The van der Waals surface area contributed by atoms with Crippen LogP contribution in [-0.4, -0.2) is 87.7 Å². The molecule has 0 radical (unpaired) electrons. The monoisotopic (exact) mass is 1000 g/mol. The summed E-state index contributed by atoms with van der Waals surface area (Å²) in [5.74, 6) is -0.591. The maximum absolute atomic E-state index is 14.3. The standard InChI is InChI=1S/C62H64O12/c1-64-61-58(70-42-50-33-19-7-20-34-50)56(68-40-48-29-15-5-16-30-48)55(67-39-47-27-13-4-14-28-47)53(72-61)44-71-62-59(74-60(63)51-35-21-8-22-36-51)57(69-41-49-31-17-6-18-32-49)54(66-38-46-25-11-3-12-26-46)52(73-62)43-65-37-45-23-9-2-10-24-45/h2-36,52-59,61-62H,37-44H2,1H3/t52-,53-,54-,55-,56+,57+,58-,59-,61+,62?/m1/s1. The molecule has 0 aromatic heterocycles. The predicted molar refractivity (Wildman–Crippen MR) is 277 cm³/mol. The SMILES string of the molecule is CO[C@H]1O[C@H](COC2O[C@H](COCc3ccccc3)[C@@H](OCc3ccccc3)[C@H](OCc3ccccc3)[C@H]2OC(=O)c2ccccc2)[C@@H](OCc2ccccc2)[C@H](OCc2ccccc2)[C@H]1OCc1ccccc1. The normalized spacial score (nSPS) is 23.7. The van der Waals surface area contributed by atoms with Crippen molar-refractivity contribution in [3.05, 3.63) is 251 Å². The molecule has 2 fully saturated rings. The Morgan fingerprint density at radius 2 is 0.676 bits per heavy atom. The van der Waals surface area contributed by atoms with Gasteiger partial charge in [-0.25, -0.2) is 4.79 Å².